The predicted molar refractivity (Wildman–Crippen MR) is 133 cm³/mol. The highest BCUT2D eigenvalue weighted by molar-refractivity contribution is 9.10. The van der Waals surface area contributed by atoms with E-state index in [0.29, 0.717) is 21.7 Å². The van der Waals surface area contributed by atoms with Gasteiger partial charge in [0, 0.05) is 4.47 Å². The van der Waals surface area contributed by atoms with Crippen molar-refractivity contribution in [3.63, 3.8) is 0 Å². The number of hydrogen-bond acceptors (Lipinski definition) is 5. The lowest BCUT2D eigenvalue weighted by Crippen LogP contribution is -2.24. The fourth-order valence-corrected chi connectivity index (χ4v) is 4.09. The number of hydrazone groups is 1. The highest BCUT2D eigenvalue weighted by Crippen LogP contribution is 2.22. The first-order valence-corrected chi connectivity index (χ1v) is 11.6. The van der Waals surface area contributed by atoms with Gasteiger partial charge in [0.1, 0.15) is 0 Å². The highest BCUT2D eigenvalue weighted by atomic mass is 79.9. The number of aryl methyl sites for hydroxylation is 1. The summed E-state index contributed by atoms with van der Waals surface area (Å²) in [5.74, 6) is -0.227. The van der Waals surface area contributed by atoms with Crippen molar-refractivity contribution in [1.29, 1.82) is 0 Å². The first-order chi connectivity index (χ1) is 15.5. The Kier molecular flexibility index (Phi) is 6.82. The number of halogens is 1. The molecule has 4 aromatic rings. The second-order valence-electron chi connectivity index (χ2n) is 7.02. The fourth-order valence-electron chi connectivity index (χ4n) is 3.02. The van der Waals surface area contributed by atoms with Crippen molar-refractivity contribution < 1.29 is 4.79 Å². The van der Waals surface area contributed by atoms with E-state index in [1.165, 1.54) is 16.3 Å². The van der Waals surface area contributed by atoms with Gasteiger partial charge in [-0.3, -0.25) is 14.2 Å². The molecule has 1 heterocycles. The van der Waals surface area contributed by atoms with Crippen LogP contribution < -0.4 is 11.0 Å². The van der Waals surface area contributed by atoms with Crippen LogP contribution in [0.15, 0.2) is 92.3 Å². The SMILES string of the molecule is Cc1ccc(C=NNC(=O)CSc2nc3ccccc3c(=O)n2-c2ccc(Br)cc2)cc1. The monoisotopic (exact) mass is 506 g/mol. The molecule has 1 aromatic heterocycles. The van der Waals surface area contributed by atoms with Gasteiger partial charge in [-0.1, -0.05) is 69.7 Å². The number of nitrogens with zero attached hydrogens (tertiary/aromatic N) is 3. The lowest BCUT2D eigenvalue weighted by molar-refractivity contribution is -0.118. The molecule has 0 aliphatic carbocycles. The molecule has 0 bridgehead atoms. The number of benzene rings is 3. The summed E-state index contributed by atoms with van der Waals surface area (Å²) in [6, 6.07) is 22.4. The molecule has 1 amide bonds. The molecule has 32 heavy (non-hydrogen) atoms. The Morgan fingerprint density at radius 1 is 1.09 bits per heavy atom. The van der Waals surface area contributed by atoms with E-state index in [-0.39, 0.29) is 17.2 Å². The van der Waals surface area contributed by atoms with Crippen LogP contribution in [-0.4, -0.2) is 27.4 Å². The van der Waals surface area contributed by atoms with Gasteiger partial charge in [-0.2, -0.15) is 5.10 Å². The van der Waals surface area contributed by atoms with Gasteiger partial charge in [0.15, 0.2) is 5.16 Å². The van der Waals surface area contributed by atoms with Crippen molar-refractivity contribution >= 4 is 50.7 Å². The van der Waals surface area contributed by atoms with E-state index in [2.05, 4.69) is 31.4 Å². The van der Waals surface area contributed by atoms with Crippen LogP contribution in [0.3, 0.4) is 0 Å². The summed E-state index contributed by atoms with van der Waals surface area (Å²) in [6.07, 6.45) is 1.59. The van der Waals surface area contributed by atoms with Crippen LogP contribution >= 0.6 is 27.7 Å². The zero-order chi connectivity index (χ0) is 22.5. The summed E-state index contributed by atoms with van der Waals surface area (Å²) in [7, 11) is 0. The molecule has 0 aliphatic rings. The minimum Gasteiger partial charge on any atom is -0.272 e. The van der Waals surface area contributed by atoms with Crippen molar-refractivity contribution in [2.24, 2.45) is 5.10 Å². The van der Waals surface area contributed by atoms with Crippen molar-refractivity contribution in [3.05, 3.63) is 98.7 Å². The van der Waals surface area contributed by atoms with Crippen molar-refractivity contribution in [2.75, 3.05) is 5.75 Å². The second kappa shape index (κ2) is 9.93. The summed E-state index contributed by atoms with van der Waals surface area (Å²) in [5.41, 5.74) is 5.65. The summed E-state index contributed by atoms with van der Waals surface area (Å²) in [6.45, 7) is 2.01. The number of amides is 1. The maximum Gasteiger partial charge on any atom is 0.266 e. The fraction of sp³-hybridized carbons (Fsp3) is 0.0833. The van der Waals surface area contributed by atoms with Gasteiger partial charge in [-0.15, -0.1) is 0 Å². The number of hydrogen-bond donors (Lipinski definition) is 1. The Hall–Kier alpha value is -3.23. The zero-order valence-corrected chi connectivity index (χ0v) is 19.6. The minimum absolute atomic E-state index is 0.0620. The average molecular weight is 507 g/mol. The molecule has 0 aliphatic heterocycles. The molecule has 0 saturated heterocycles. The Balaban J connectivity index is 1.56. The van der Waals surface area contributed by atoms with Crippen LogP contribution in [0.25, 0.3) is 16.6 Å². The molecule has 160 valence electrons. The van der Waals surface area contributed by atoms with Gasteiger partial charge >= 0.3 is 0 Å². The summed E-state index contributed by atoms with van der Waals surface area (Å²) < 4.78 is 2.44. The topological polar surface area (TPSA) is 76.3 Å². The molecule has 3 aromatic carbocycles. The third-order valence-corrected chi connectivity index (χ3v) is 6.11. The maximum atomic E-state index is 13.2. The number of carbonyl (C=O) groups is 1. The van der Waals surface area contributed by atoms with Gasteiger partial charge in [-0.25, -0.2) is 10.4 Å². The Morgan fingerprint density at radius 3 is 2.56 bits per heavy atom. The van der Waals surface area contributed by atoms with Gasteiger partial charge in [0.25, 0.3) is 11.5 Å². The minimum atomic E-state index is -0.289. The molecule has 0 unspecified atom stereocenters. The van der Waals surface area contributed by atoms with Crippen LogP contribution in [0.1, 0.15) is 11.1 Å². The molecule has 0 spiro atoms. The zero-order valence-electron chi connectivity index (χ0n) is 17.2. The molecular formula is C24H19BrN4O2S. The standard InChI is InChI=1S/C24H19BrN4O2S/c1-16-6-8-17(9-7-16)14-26-28-22(30)15-32-24-27-21-5-3-2-4-20(21)23(31)29(24)19-12-10-18(25)11-13-19/h2-14H,15H2,1H3,(H,28,30). The lowest BCUT2D eigenvalue weighted by atomic mass is 10.2. The van der Waals surface area contributed by atoms with Crippen LogP contribution in [0, 0.1) is 6.92 Å². The number of fused-ring (bicyclic) bond motifs is 1. The molecule has 0 atom stereocenters. The molecule has 0 saturated carbocycles. The van der Waals surface area contributed by atoms with Gasteiger partial charge in [0.05, 0.1) is 28.6 Å². The Morgan fingerprint density at radius 2 is 1.81 bits per heavy atom. The number of thioether (sulfide) groups is 1. The third-order valence-electron chi connectivity index (χ3n) is 4.64. The smallest absolute Gasteiger partial charge is 0.266 e. The van der Waals surface area contributed by atoms with E-state index >= 15 is 0 Å². The van der Waals surface area contributed by atoms with E-state index in [1.807, 2.05) is 67.6 Å². The number of rotatable bonds is 6. The Labute approximate surface area is 197 Å². The van der Waals surface area contributed by atoms with Gasteiger partial charge in [-0.05, 0) is 48.9 Å². The molecule has 4 rings (SSSR count). The molecule has 0 radical (unpaired) electrons. The summed E-state index contributed by atoms with van der Waals surface area (Å²) in [5, 5.41) is 4.97. The van der Waals surface area contributed by atoms with Crippen molar-refractivity contribution in [3.8, 4) is 5.69 Å². The molecule has 6 nitrogen and oxygen atoms in total. The van der Waals surface area contributed by atoms with Gasteiger partial charge in [0.2, 0.25) is 0 Å². The molecular weight excluding hydrogens is 488 g/mol. The first kappa shape index (κ1) is 22.0. The largest absolute Gasteiger partial charge is 0.272 e. The number of nitrogens with one attached hydrogen (secondary N) is 1. The van der Waals surface area contributed by atoms with E-state index in [4.69, 9.17) is 0 Å². The van der Waals surface area contributed by atoms with E-state index in [1.54, 1.807) is 18.3 Å². The summed E-state index contributed by atoms with van der Waals surface area (Å²) >= 11 is 4.60. The Bertz CT molecular complexity index is 1350. The third kappa shape index (κ3) is 5.15. The van der Waals surface area contributed by atoms with Crippen molar-refractivity contribution in [2.45, 2.75) is 12.1 Å². The molecule has 0 fully saturated rings. The normalized spacial score (nSPS) is 11.2. The lowest BCUT2D eigenvalue weighted by Gasteiger charge is -2.13. The van der Waals surface area contributed by atoms with E-state index in [0.717, 1.165) is 15.6 Å². The first-order valence-electron chi connectivity index (χ1n) is 9.80. The average Bonchev–Trinajstić information content (AvgIpc) is 2.80. The number of aromatic nitrogens is 2. The predicted octanol–water partition coefficient (Wildman–Crippen LogP) is 4.70. The van der Waals surface area contributed by atoms with Crippen LogP contribution in [0.2, 0.25) is 0 Å². The van der Waals surface area contributed by atoms with Crippen molar-refractivity contribution in [1.82, 2.24) is 15.0 Å². The highest BCUT2D eigenvalue weighted by Gasteiger charge is 2.14. The van der Waals surface area contributed by atoms with Crippen LogP contribution in [-0.2, 0) is 4.79 Å². The second-order valence-corrected chi connectivity index (χ2v) is 8.88. The molecule has 8 heteroatoms. The molecule has 1 N–H and O–H groups in total. The quantitative estimate of drug-likeness (QED) is 0.178. The van der Waals surface area contributed by atoms with Crippen LogP contribution in [0.4, 0.5) is 0 Å². The van der Waals surface area contributed by atoms with E-state index in [9.17, 15) is 9.59 Å². The number of para-hydroxylation sites is 1. The number of carbonyl (C=O) groups excluding carboxylic acids is 1. The van der Waals surface area contributed by atoms with E-state index < -0.39 is 0 Å². The van der Waals surface area contributed by atoms with Crippen LogP contribution in [0.5, 0.6) is 0 Å². The maximum absolute atomic E-state index is 13.2. The summed E-state index contributed by atoms with van der Waals surface area (Å²) in [4.78, 5) is 30.2. The van der Waals surface area contributed by atoms with Gasteiger partial charge < -0.3 is 0 Å².